The number of unbranched alkanes of at least 4 members (excludes halogenated alkanes) is 1. The van der Waals surface area contributed by atoms with E-state index in [9.17, 15) is 24.0 Å². The van der Waals surface area contributed by atoms with Gasteiger partial charge in [-0.05, 0) is 50.2 Å². The van der Waals surface area contributed by atoms with Gasteiger partial charge in [0.15, 0.2) is 0 Å². The Balaban J connectivity index is -0.000000203. The SMILES string of the molecule is CC[C@H](C)[C@H](N)C(=O)O.CSCC[C@H](N)C(=O)O.NCCCC[C@H](N)C(=O)O.N[C@@H](CCC(=O)O)C(=O)O. The Bertz CT molecular complexity index is 672. The largest absolute Gasteiger partial charge is 0.481 e. The van der Waals surface area contributed by atoms with E-state index >= 15 is 0 Å². The summed E-state index contributed by atoms with van der Waals surface area (Å²) in [7, 11) is 0. The summed E-state index contributed by atoms with van der Waals surface area (Å²) in [6.45, 7) is 4.36. The lowest BCUT2D eigenvalue weighted by molar-refractivity contribution is -0.141. The fraction of sp³-hybridized carbons (Fsp3) is 0.773. The molecule has 16 heteroatoms. The van der Waals surface area contributed by atoms with Crippen LogP contribution in [0.5, 0.6) is 0 Å². The van der Waals surface area contributed by atoms with Gasteiger partial charge in [-0.25, -0.2) is 0 Å². The highest BCUT2D eigenvalue weighted by molar-refractivity contribution is 7.98. The minimum Gasteiger partial charge on any atom is -0.481 e. The number of carbonyl (C=O) groups is 5. The van der Waals surface area contributed by atoms with Gasteiger partial charge in [-0.1, -0.05) is 26.7 Å². The lowest BCUT2D eigenvalue weighted by Crippen LogP contribution is -2.36. The molecule has 0 rings (SSSR count). The van der Waals surface area contributed by atoms with Gasteiger partial charge in [-0.3, -0.25) is 24.0 Å². The van der Waals surface area contributed by atoms with Crippen molar-refractivity contribution >= 4 is 41.6 Å². The van der Waals surface area contributed by atoms with Crippen molar-refractivity contribution in [2.24, 2.45) is 34.6 Å². The topological polar surface area (TPSA) is 317 Å². The van der Waals surface area contributed by atoms with Crippen molar-refractivity contribution in [2.45, 2.75) is 83.0 Å². The first-order chi connectivity index (χ1) is 17.5. The van der Waals surface area contributed by atoms with Crippen molar-refractivity contribution < 1.29 is 49.5 Å². The molecule has 0 unspecified atom stereocenters. The molecule has 0 spiro atoms. The molecule has 0 radical (unpaired) electrons. The Morgan fingerprint density at radius 2 is 1.13 bits per heavy atom. The van der Waals surface area contributed by atoms with E-state index in [-0.39, 0.29) is 18.8 Å². The molecule has 0 aliphatic carbocycles. The Kier molecular flexibility index (Phi) is 30.9. The average molecular weight is 574 g/mol. The highest BCUT2D eigenvalue weighted by Gasteiger charge is 2.17. The van der Waals surface area contributed by atoms with E-state index in [1.807, 2.05) is 20.1 Å². The third-order valence-electron chi connectivity index (χ3n) is 4.77. The Hall–Kier alpha value is -2.50. The molecular weight excluding hydrogens is 526 g/mol. The van der Waals surface area contributed by atoms with Gasteiger partial charge in [-0.2, -0.15) is 11.8 Å². The fourth-order valence-corrected chi connectivity index (χ4v) is 2.39. The molecule has 0 saturated heterocycles. The molecular formula is C22H47N5O10S. The zero-order valence-corrected chi connectivity index (χ0v) is 23.1. The smallest absolute Gasteiger partial charge is 0.320 e. The quantitative estimate of drug-likeness (QED) is 0.103. The summed E-state index contributed by atoms with van der Waals surface area (Å²) >= 11 is 1.60. The maximum atomic E-state index is 10.2. The first-order valence-corrected chi connectivity index (χ1v) is 13.2. The molecule has 0 heterocycles. The summed E-state index contributed by atoms with van der Waals surface area (Å²) in [5.41, 5.74) is 25.9. The highest BCUT2D eigenvalue weighted by atomic mass is 32.2. The molecule has 15 nitrogen and oxygen atoms in total. The molecule has 226 valence electrons. The number of carboxylic acid groups (broad SMARTS) is 5. The van der Waals surface area contributed by atoms with Gasteiger partial charge in [0.1, 0.15) is 24.2 Å². The van der Waals surface area contributed by atoms with Crippen LogP contribution in [0.3, 0.4) is 0 Å². The van der Waals surface area contributed by atoms with Gasteiger partial charge in [0.2, 0.25) is 0 Å². The molecule has 5 atom stereocenters. The summed E-state index contributed by atoms with van der Waals surface area (Å²) in [4.78, 5) is 50.3. The van der Waals surface area contributed by atoms with E-state index in [0.717, 1.165) is 25.0 Å². The average Bonchev–Trinajstić information content (AvgIpc) is 2.85. The van der Waals surface area contributed by atoms with Crippen molar-refractivity contribution in [1.82, 2.24) is 0 Å². The Labute approximate surface area is 227 Å². The molecule has 0 aromatic carbocycles. The molecule has 0 bridgehead atoms. The lowest BCUT2D eigenvalue weighted by atomic mass is 10.0. The van der Waals surface area contributed by atoms with E-state index in [1.54, 1.807) is 11.8 Å². The minimum atomic E-state index is -1.17. The number of hydrogen-bond donors (Lipinski definition) is 10. The predicted octanol–water partition coefficient (Wildman–Crippen LogP) is -0.614. The van der Waals surface area contributed by atoms with Crippen LogP contribution in [0.2, 0.25) is 0 Å². The number of hydrogen-bond acceptors (Lipinski definition) is 11. The maximum absolute atomic E-state index is 10.2. The number of carboxylic acids is 5. The summed E-state index contributed by atoms with van der Waals surface area (Å²) in [6, 6.07) is -3.16. The zero-order valence-electron chi connectivity index (χ0n) is 22.3. The number of rotatable bonds is 16. The van der Waals surface area contributed by atoms with Crippen LogP contribution in [0.25, 0.3) is 0 Å². The molecule has 38 heavy (non-hydrogen) atoms. The molecule has 15 N–H and O–H groups in total. The van der Waals surface area contributed by atoms with Crippen LogP contribution in [-0.2, 0) is 24.0 Å². The number of nitrogens with two attached hydrogens (primary N) is 5. The van der Waals surface area contributed by atoms with E-state index < -0.39 is 54.0 Å². The molecule has 0 saturated carbocycles. The van der Waals surface area contributed by atoms with Crippen molar-refractivity contribution in [3.63, 3.8) is 0 Å². The first-order valence-electron chi connectivity index (χ1n) is 11.8. The van der Waals surface area contributed by atoms with Gasteiger partial charge >= 0.3 is 29.8 Å². The van der Waals surface area contributed by atoms with Gasteiger partial charge in [-0.15, -0.1) is 0 Å². The molecule has 0 fully saturated rings. The third kappa shape index (κ3) is 31.5. The van der Waals surface area contributed by atoms with E-state index in [2.05, 4.69) is 0 Å². The van der Waals surface area contributed by atoms with Crippen molar-refractivity contribution in [2.75, 3.05) is 18.6 Å². The van der Waals surface area contributed by atoms with E-state index in [4.69, 9.17) is 54.2 Å². The first kappa shape index (κ1) is 42.6. The summed E-state index contributed by atoms with van der Waals surface area (Å²) in [6.07, 6.45) is 5.23. The monoisotopic (exact) mass is 573 g/mol. The van der Waals surface area contributed by atoms with Crippen LogP contribution in [-0.4, -0.2) is 98.1 Å². The zero-order chi connectivity index (χ0) is 30.8. The Morgan fingerprint density at radius 3 is 1.42 bits per heavy atom. The molecule has 0 aliphatic heterocycles. The summed E-state index contributed by atoms with van der Waals surface area (Å²) in [5, 5.41) is 41.2. The normalized spacial score (nSPS) is 13.8. The van der Waals surface area contributed by atoms with Crippen molar-refractivity contribution in [3.05, 3.63) is 0 Å². The summed E-state index contributed by atoms with van der Waals surface area (Å²) < 4.78 is 0. The highest BCUT2D eigenvalue weighted by Crippen LogP contribution is 2.04. The van der Waals surface area contributed by atoms with Crippen LogP contribution in [0, 0.1) is 5.92 Å². The molecule has 0 amide bonds. The van der Waals surface area contributed by atoms with Gasteiger partial charge < -0.3 is 54.2 Å². The van der Waals surface area contributed by atoms with Crippen LogP contribution in [0.4, 0.5) is 0 Å². The predicted molar refractivity (Wildman–Crippen MR) is 145 cm³/mol. The fourth-order valence-electron chi connectivity index (χ4n) is 1.90. The second-order valence-electron chi connectivity index (χ2n) is 8.08. The van der Waals surface area contributed by atoms with Crippen molar-refractivity contribution in [1.29, 1.82) is 0 Å². The lowest BCUT2D eigenvalue weighted by Gasteiger charge is -2.11. The molecule has 0 aliphatic rings. The van der Waals surface area contributed by atoms with E-state index in [1.165, 1.54) is 0 Å². The second-order valence-corrected chi connectivity index (χ2v) is 9.07. The number of thioether (sulfide) groups is 1. The standard InChI is InChI=1S/C6H14N2O2.C6H13NO2.C5H9NO4.C5H11NO2S/c7-4-2-1-3-5(8)6(9)10;1-3-4(2)5(7)6(8)9;6-3(5(9)10)1-2-4(7)8;1-9-3-2-4(6)5(7)8/h5H,1-4,7-8H2,(H,9,10);4-5H,3,7H2,1-2H3,(H,8,9);3H,1-2,6H2,(H,7,8)(H,9,10);4H,2-3,6H2,1H3,(H,7,8)/t5-;4-,5-;3-;4-/m0000/s1. The molecule has 0 aromatic heterocycles. The maximum Gasteiger partial charge on any atom is 0.320 e. The summed E-state index contributed by atoms with van der Waals surface area (Å²) in [5.74, 6) is -4.07. The Morgan fingerprint density at radius 1 is 0.711 bits per heavy atom. The van der Waals surface area contributed by atoms with Gasteiger partial charge in [0.25, 0.3) is 0 Å². The minimum absolute atomic E-state index is 0.0231. The third-order valence-corrected chi connectivity index (χ3v) is 5.41. The van der Waals surface area contributed by atoms with Crippen LogP contribution < -0.4 is 28.7 Å². The van der Waals surface area contributed by atoms with Crippen molar-refractivity contribution in [3.8, 4) is 0 Å². The van der Waals surface area contributed by atoms with Crippen LogP contribution in [0.15, 0.2) is 0 Å². The second kappa shape index (κ2) is 27.5. The number of aliphatic carboxylic acids is 5. The van der Waals surface area contributed by atoms with E-state index in [0.29, 0.717) is 19.4 Å². The van der Waals surface area contributed by atoms with Crippen LogP contribution in [0.1, 0.15) is 58.8 Å². The van der Waals surface area contributed by atoms with Gasteiger partial charge in [0.05, 0.1) is 0 Å². The molecule has 0 aromatic rings. The van der Waals surface area contributed by atoms with Crippen LogP contribution >= 0.6 is 11.8 Å². The van der Waals surface area contributed by atoms with Gasteiger partial charge in [0, 0.05) is 6.42 Å².